The highest BCUT2D eigenvalue weighted by Gasteiger charge is 2.09. The van der Waals surface area contributed by atoms with Crippen molar-refractivity contribution in [2.75, 3.05) is 5.73 Å². The summed E-state index contributed by atoms with van der Waals surface area (Å²) in [6, 6.07) is 13.8. The number of nitrogen functional groups attached to an aromatic ring is 1. The van der Waals surface area contributed by atoms with Gasteiger partial charge in [0.2, 0.25) is 0 Å². The predicted molar refractivity (Wildman–Crippen MR) is 78.2 cm³/mol. The topological polar surface area (TPSA) is 78.9 Å². The van der Waals surface area contributed by atoms with Crippen LogP contribution in [0.2, 0.25) is 5.02 Å². The van der Waals surface area contributed by atoms with Gasteiger partial charge in [0.1, 0.15) is 0 Å². The second-order valence-corrected chi connectivity index (χ2v) is 4.66. The lowest BCUT2D eigenvalue weighted by molar-refractivity contribution is 0.0952. The summed E-state index contributed by atoms with van der Waals surface area (Å²) in [4.78, 5) is 12.0. The molecule has 0 aliphatic heterocycles. The Kier molecular flexibility index (Phi) is 4.24. The molecule has 0 atom stereocenters. The van der Waals surface area contributed by atoms with Gasteiger partial charge in [0.05, 0.1) is 17.2 Å². The fourth-order valence-corrected chi connectivity index (χ4v) is 1.95. The summed E-state index contributed by atoms with van der Waals surface area (Å²) in [7, 11) is 0. The highest BCUT2D eigenvalue weighted by molar-refractivity contribution is 6.31. The molecule has 0 fully saturated rings. The van der Waals surface area contributed by atoms with E-state index in [0.717, 1.165) is 5.56 Å². The van der Waals surface area contributed by atoms with Gasteiger partial charge in [-0.1, -0.05) is 23.7 Å². The van der Waals surface area contributed by atoms with Crippen molar-refractivity contribution in [1.29, 1.82) is 5.26 Å². The lowest BCUT2D eigenvalue weighted by Gasteiger charge is -2.08. The summed E-state index contributed by atoms with van der Waals surface area (Å²) < 4.78 is 0. The van der Waals surface area contributed by atoms with Crippen molar-refractivity contribution < 1.29 is 4.79 Å². The average molecular weight is 286 g/mol. The van der Waals surface area contributed by atoms with Crippen molar-refractivity contribution in [2.45, 2.75) is 6.54 Å². The number of nitrogens with zero attached hydrogens (tertiary/aromatic N) is 1. The van der Waals surface area contributed by atoms with Gasteiger partial charge in [0.15, 0.2) is 0 Å². The Hall–Kier alpha value is -2.51. The van der Waals surface area contributed by atoms with Gasteiger partial charge in [-0.05, 0) is 35.9 Å². The maximum Gasteiger partial charge on any atom is 0.253 e. The maximum absolute atomic E-state index is 12.0. The molecule has 5 heteroatoms. The molecule has 2 rings (SSSR count). The molecule has 0 spiro atoms. The first kappa shape index (κ1) is 13.9. The molecule has 0 aromatic heterocycles. The molecule has 0 aliphatic carbocycles. The molecule has 2 aromatic rings. The Balaban J connectivity index is 2.07. The van der Waals surface area contributed by atoms with E-state index in [1.807, 2.05) is 6.07 Å². The van der Waals surface area contributed by atoms with Gasteiger partial charge in [-0.25, -0.2) is 0 Å². The predicted octanol–water partition coefficient (Wildman–Crippen LogP) is 2.72. The van der Waals surface area contributed by atoms with Crippen LogP contribution in [0.5, 0.6) is 0 Å². The number of benzene rings is 2. The van der Waals surface area contributed by atoms with E-state index in [-0.39, 0.29) is 5.91 Å². The molecule has 0 saturated carbocycles. The van der Waals surface area contributed by atoms with E-state index in [1.54, 1.807) is 30.3 Å². The van der Waals surface area contributed by atoms with E-state index in [1.165, 1.54) is 6.07 Å². The lowest BCUT2D eigenvalue weighted by Crippen LogP contribution is -2.23. The molecule has 0 unspecified atom stereocenters. The van der Waals surface area contributed by atoms with Crippen LogP contribution in [0.15, 0.2) is 42.5 Å². The van der Waals surface area contributed by atoms with Gasteiger partial charge in [0.25, 0.3) is 5.91 Å². The molecule has 0 heterocycles. The standard InChI is InChI=1S/C15H12ClN3O/c16-12-4-5-13(14(18)7-12)15(20)19-9-11-3-1-2-10(6-11)8-17/h1-7H,9,18H2,(H,19,20). The quantitative estimate of drug-likeness (QED) is 0.851. The third kappa shape index (κ3) is 3.28. The zero-order chi connectivity index (χ0) is 14.5. The summed E-state index contributed by atoms with van der Waals surface area (Å²) in [6.07, 6.45) is 0. The maximum atomic E-state index is 12.0. The zero-order valence-corrected chi connectivity index (χ0v) is 11.3. The van der Waals surface area contributed by atoms with Crippen LogP contribution in [-0.2, 0) is 6.54 Å². The van der Waals surface area contributed by atoms with Crippen molar-refractivity contribution in [3.05, 3.63) is 64.2 Å². The van der Waals surface area contributed by atoms with E-state index in [4.69, 9.17) is 22.6 Å². The molecule has 0 saturated heterocycles. The number of halogens is 1. The third-order valence-corrected chi connectivity index (χ3v) is 3.00. The number of nitrogens with one attached hydrogen (secondary N) is 1. The van der Waals surface area contributed by atoms with Gasteiger partial charge < -0.3 is 11.1 Å². The molecule has 0 aliphatic rings. The largest absolute Gasteiger partial charge is 0.398 e. The minimum absolute atomic E-state index is 0.276. The van der Waals surface area contributed by atoms with Gasteiger partial charge in [-0.3, -0.25) is 4.79 Å². The Bertz CT molecular complexity index is 692. The first-order valence-corrected chi connectivity index (χ1v) is 6.30. The molecule has 3 N–H and O–H groups in total. The Morgan fingerprint density at radius 3 is 2.80 bits per heavy atom. The number of hydrogen-bond donors (Lipinski definition) is 2. The molecule has 20 heavy (non-hydrogen) atoms. The van der Waals surface area contributed by atoms with Gasteiger partial charge in [-0.15, -0.1) is 0 Å². The van der Waals surface area contributed by atoms with Crippen LogP contribution >= 0.6 is 11.6 Å². The Morgan fingerprint density at radius 1 is 1.30 bits per heavy atom. The summed E-state index contributed by atoms with van der Waals surface area (Å²) >= 11 is 5.79. The van der Waals surface area contributed by atoms with Crippen molar-refractivity contribution in [2.24, 2.45) is 0 Å². The number of hydrogen-bond acceptors (Lipinski definition) is 3. The van der Waals surface area contributed by atoms with Crippen LogP contribution in [0.25, 0.3) is 0 Å². The number of amides is 1. The first-order valence-electron chi connectivity index (χ1n) is 5.92. The number of anilines is 1. The normalized spacial score (nSPS) is 9.80. The molecular weight excluding hydrogens is 274 g/mol. The molecular formula is C15H12ClN3O. The highest BCUT2D eigenvalue weighted by Crippen LogP contribution is 2.18. The number of nitriles is 1. The molecule has 0 bridgehead atoms. The van der Waals surface area contributed by atoms with Crippen LogP contribution in [0, 0.1) is 11.3 Å². The van der Waals surface area contributed by atoms with Crippen LogP contribution < -0.4 is 11.1 Å². The number of carbonyl (C=O) groups is 1. The third-order valence-electron chi connectivity index (χ3n) is 2.77. The minimum atomic E-state index is -0.276. The van der Waals surface area contributed by atoms with Gasteiger partial charge in [0, 0.05) is 17.3 Å². The monoisotopic (exact) mass is 285 g/mol. The Morgan fingerprint density at radius 2 is 2.10 bits per heavy atom. The molecule has 0 radical (unpaired) electrons. The smallest absolute Gasteiger partial charge is 0.253 e. The molecule has 4 nitrogen and oxygen atoms in total. The van der Waals surface area contributed by atoms with Crippen LogP contribution in [0.3, 0.4) is 0 Å². The highest BCUT2D eigenvalue weighted by atomic mass is 35.5. The number of carbonyl (C=O) groups excluding carboxylic acids is 1. The Labute approximate surface area is 121 Å². The van der Waals surface area contributed by atoms with E-state index < -0.39 is 0 Å². The van der Waals surface area contributed by atoms with Crippen LogP contribution in [0.4, 0.5) is 5.69 Å². The number of nitrogens with two attached hydrogens (primary N) is 1. The van der Waals surface area contributed by atoms with E-state index >= 15 is 0 Å². The van der Waals surface area contributed by atoms with Gasteiger partial charge in [-0.2, -0.15) is 5.26 Å². The number of rotatable bonds is 3. The van der Waals surface area contributed by atoms with Crippen molar-refractivity contribution >= 4 is 23.2 Å². The van der Waals surface area contributed by atoms with Crippen molar-refractivity contribution in [1.82, 2.24) is 5.32 Å². The fourth-order valence-electron chi connectivity index (χ4n) is 1.77. The SMILES string of the molecule is N#Cc1cccc(CNC(=O)c2ccc(Cl)cc2N)c1. The van der Waals surface area contributed by atoms with Crippen molar-refractivity contribution in [3.8, 4) is 6.07 Å². The summed E-state index contributed by atoms with van der Waals surface area (Å²) in [5.74, 6) is -0.276. The average Bonchev–Trinajstić information content (AvgIpc) is 2.45. The minimum Gasteiger partial charge on any atom is -0.398 e. The zero-order valence-electron chi connectivity index (χ0n) is 10.6. The van der Waals surface area contributed by atoms with E-state index in [9.17, 15) is 4.79 Å². The summed E-state index contributed by atoms with van der Waals surface area (Å²) in [5.41, 5.74) is 7.87. The van der Waals surface area contributed by atoms with E-state index in [0.29, 0.717) is 28.4 Å². The van der Waals surface area contributed by atoms with Crippen molar-refractivity contribution in [3.63, 3.8) is 0 Å². The summed E-state index contributed by atoms with van der Waals surface area (Å²) in [6.45, 7) is 0.330. The second kappa shape index (κ2) is 6.09. The summed E-state index contributed by atoms with van der Waals surface area (Å²) in [5, 5.41) is 12.1. The van der Waals surface area contributed by atoms with Gasteiger partial charge >= 0.3 is 0 Å². The lowest BCUT2D eigenvalue weighted by atomic mass is 10.1. The van der Waals surface area contributed by atoms with E-state index in [2.05, 4.69) is 11.4 Å². The van der Waals surface area contributed by atoms with Crippen LogP contribution in [-0.4, -0.2) is 5.91 Å². The molecule has 1 amide bonds. The molecule has 100 valence electrons. The van der Waals surface area contributed by atoms with Crippen LogP contribution in [0.1, 0.15) is 21.5 Å². The fraction of sp³-hybridized carbons (Fsp3) is 0.0667. The first-order chi connectivity index (χ1) is 9.60. The molecule has 2 aromatic carbocycles. The second-order valence-electron chi connectivity index (χ2n) is 4.23.